The van der Waals surface area contributed by atoms with E-state index in [-0.39, 0.29) is 0 Å². The molecule has 0 bridgehead atoms. The van der Waals surface area contributed by atoms with Crippen LogP contribution in [0.25, 0.3) is 0 Å². The van der Waals surface area contributed by atoms with Gasteiger partial charge in [-0.05, 0) is 38.5 Å². The van der Waals surface area contributed by atoms with Gasteiger partial charge in [0.05, 0.1) is 0 Å². The largest absolute Gasteiger partial charge is 0.0705 e. The zero-order valence-corrected chi connectivity index (χ0v) is 35.9. The lowest BCUT2D eigenvalue weighted by Crippen LogP contribution is -1.87. The van der Waals surface area contributed by atoms with Crippen molar-refractivity contribution in [2.24, 2.45) is 0 Å². The van der Waals surface area contributed by atoms with Crippen LogP contribution in [0.15, 0.2) is 23.3 Å². The van der Waals surface area contributed by atoms with Crippen LogP contribution in [0.1, 0.15) is 297 Å². The molecule has 298 valence electrons. The van der Waals surface area contributed by atoms with Gasteiger partial charge in [-0.3, -0.25) is 0 Å². The Kier molecular flexibility index (Phi) is 44.2. The fourth-order valence-corrected chi connectivity index (χ4v) is 7.85. The van der Waals surface area contributed by atoms with Crippen molar-refractivity contribution >= 4 is 0 Å². The van der Waals surface area contributed by atoms with E-state index in [1.165, 1.54) is 270 Å². The Morgan fingerprint density at radius 2 is 0.380 bits per heavy atom. The molecular weight excluding hydrogens is 601 g/mol. The molecule has 0 aliphatic heterocycles. The summed E-state index contributed by atoms with van der Waals surface area (Å²) in [6.45, 7) is 9.34. The summed E-state index contributed by atoms with van der Waals surface area (Å²) in [4.78, 5) is 0. The van der Waals surface area contributed by atoms with Gasteiger partial charge in [-0.25, -0.2) is 0 Å². The van der Waals surface area contributed by atoms with Crippen LogP contribution >= 0.6 is 0 Å². The standard InChI is InChI=1S/C50H98/c1-5-9-11-13-15-17-19-21-23-24-25-26-27-28-29-30-31-32-34-36-38-40-42-44-46-50(8-4)48-47-49(7-3)45-43-41-39-37-35-33-22-20-18-16-14-12-10-6-2/h47-48H,5-46H2,1-4H3. The molecule has 0 unspecified atom stereocenters. The molecule has 0 aromatic rings. The first-order valence-electron chi connectivity index (χ1n) is 24.2. The molecule has 0 aromatic carbocycles. The van der Waals surface area contributed by atoms with Gasteiger partial charge < -0.3 is 0 Å². The molecule has 0 aliphatic carbocycles. The van der Waals surface area contributed by atoms with E-state index in [0.29, 0.717) is 0 Å². The molecule has 0 rings (SSSR count). The van der Waals surface area contributed by atoms with E-state index in [1.54, 1.807) is 11.1 Å². The van der Waals surface area contributed by atoms with Crippen LogP contribution in [0.4, 0.5) is 0 Å². The van der Waals surface area contributed by atoms with Crippen LogP contribution in [-0.2, 0) is 0 Å². The minimum atomic E-state index is 1.23. The monoisotopic (exact) mass is 699 g/mol. The fraction of sp³-hybridized carbons (Fsp3) is 0.920. The predicted molar refractivity (Wildman–Crippen MR) is 233 cm³/mol. The molecule has 0 saturated carbocycles. The van der Waals surface area contributed by atoms with Gasteiger partial charge in [-0.2, -0.15) is 0 Å². The second-order valence-electron chi connectivity index (χ2n) is 16.6. The van der Waals surface area contributed by atoms with Gasteiger partial charge in [0.2, 0.25) is 0 Å². The Balaban J connectivity index is 3.53. The normalized spacial score (nSPS) is 12.4. The Morgan fingerprint density at radius 1 is 0.220 bits per heavy atom. The lowest BCUT2D eigenvalue weighted by Gasteiger charge is -2.07. The third-order valence-electron chi connectivity index (χ3n) is 11.7. The minimum Gasteiger partial charge on any atom is -0.0705 e. The van der Waals surface area contributed by atoms with Gasteiger partial charge in [0.25, 0.3) is 0 Å². The lowest BCUT2D eigenvalue weighted by molar-refractivity contribution is 0.517. The summed E-state index contributed by atoms with van der Waals surface area (Å²) < 4.78 is 0. The lowest BCUT2D eigenvalue weighted by atomic mass is 9.99. The summed E-state index contributed by atoms with van der Waals surface area (Å²) in [6, 6.07) is 0. The molecule has 0 amide bonds. The average Bonchev–Trinajstić information content (AvgIpc) is 3.13. The third kappa shape index (κ3) is 40.3. The quantitative estimate of drug-likeness (QED) is 0.0439. The molecular formula is C50H98. The maximum atomic E-state index is 2.50. The van der Waals surface area contributed by atoms with Gasteiger partial charge in [0.15, 0.2) is 0 Å². The highest BCUT2D eigenvalue weighted by molar-refractivity contribution is 5.17. The molecule has 0 radical (unpaired) electrons. The van der Waals surface area contributed by atoms with E-state index in [9.17, 15) is 0 Å². The molecule has 0 fully saturated rings. The van der Waals surface area contributed by atoms with Crippen LogP contribution in [0.3, 0.4) is 0 Å². The van der Waals surface area contributed by atoms with Gasteiger partial charge >= 0.3 is 0 Å². The van der Waals surface area contributed by atoms with Crippen LogP contribution in [0.2, 0.25) is 0 Å². The smallest absolute Gasteiger partial charge is 0.0317 e. The van der Waals surface area contributed by atoms with Crippen LogP contribution in [-0.4, -0.2) is 0 Å². The molecule has 0 heteroatoms. The van der Waals surface area contributed by atoms with Crippen LogP contribution in [0.5, 0.6) is 0 Å². The molecule has 0 N–H and O–H groups in total. The second-order valence-corrected chi connectivity index (χ2v) is 16.6. The Hall–Kier alpha value is -0.520. The van der Waals surface area contributed by atoms with Crippen LogP contribution in [0, 0.1) is 0 Å². The first kappa shape index (κ1) is 49.5. The van der Waals surface area contributed by atoms with E-state index < -0.39 is 0 Å². The Labute approximate surface area is 319 Å². The molecule has 0 saturated heterocycles. The summed E-state index contributed by atoms with van der Waals surface area (Å²) in [5.41, 5.74) is 3.35. The zero-order chi connectivity index (χ0) is 36.3. The first-order chi connectivity index (χ1) is 24.8. The molecule has 0 aromatic heterocycles. The third-order valence-corrected chi connectivity index (χ3v) is 11.7. The van der Waals surface area contributed by atoms with Gasteiger partial charge in [-0.1, -0.05) is 282 Å². The minimum absolute atomic E-state index is 1.23. The second kappa shape index (κ2) is 44.6. The summed E-state index contributed by atoms with van der Waals surface area (Å²) in [7, 11) is 0. The SMILES string of the molecule is CCCCCCCCCCCCCCCCCCCCCCCCCCC(=CC=C(CC)CCCCCCCCCCCCCCCC)CC. The summed E-state index contributed by atoms with van der Waals surface area (Å²) in [5.74, 6) is 0. The molecule has 0 heterocycles. The van der Waals surface area contributed by atoms with Crippen molar-refractivity contribution in [2.75, 3.05) is 0 Å². The molecule has 0 spiro atoms. The van der Waals surface area contributed by atoms with Crippen LogP contribution < -0.4 is 0 Å². The predicted octanol–water partition coefficient (Wildman–Crippen LogP) is 19.3. The van der Waals surface area contributed by atoms with Crippen molar-refractivity contribution in [3.05, 3.63) is 23.3 Å². The number of hydrogen-bond donors (Lipinski definition) is 0. The van der Waals surface area contributed by atoms with E-state index in [2.05, 4.69) is 39.8 Å². The number of allylic oxidation sites excluding steroid dienone is 4. The van der Waals surface area contributed by atoms with Gasteiger partial charge in [-0.15, -0.1) is 0 Å². The summed E-state index contributed by atoms with van der Waals surface area (Å²) in [5, 5.41) is 0. The van der Waals surface area contributed by atoms with Gasteiger partial charge in [0.1, 0.15) is 0 Å². The highest BCUT2D eigenvalue weighted by Gasteiger charge is 2.00. The van der Waals surface area contributed by atoms with Crippen molar-refractivity contribution in [2.45, 2.75) is 297 Å². The van der Waals surface area contributed by atoms with E-state index in [4.69, 9.17) is 0 Å². The van der Waals surface area contributed by atoms with Crippen molar-refractivity contribution in [3.8, 4) is 0 Å². The Morgan fingerprint density at radius 3 is 0.540 bits per heavy atom. The highest BCUT2D eigenvalue weighted by Crippen LogP contribution is 2.20. The summed E-state index contributed by atoms with van der Waals surface area (Å²) in [6.07, 6.45) is 65.6. The highest BCUT2D eigenvalue weighted by atomic mass is 14.1. The van der Waals surface area contributed by atoms with Crippen molar-refractivity contribution in [1.29, 1.82) is 0 Å². The number of unbranched alkanes of at least 4 members (excludes halogenated alkanes) is 36. The maximum absolute atomic E-state index is 2.50. The number of rotatable bonds is 43. The fourth-order valence-electron chi connectivity index (χ4n) is 7.85. The topological polar surface area (TPSA) is 0 Å². The Bertz CT molecular complexity index is 668. The molecule has 50 heavy (non-hydrogen) atoms. The molecule has 0 aliphatic rings. The molecule has 0 atom stereocenters. The van der Waals surface area contributed by atoms with Crippen molar-refractivity contribution in [3.63, 3.8) is 0 Å². The first-order valence-corrected chi connectivity index (χ1v) is 24.2. The molecule has 0 nitrogen and oxygen atoms in total. The van der Waals surface area contributed by atoms with E-state index in [1.807, 2.05) is 0 Å². The van der Waals surface area contributed by atoms with Gasteiger partial charge in [0, 0.05) is 0 Å². The maximum Gasteiger partial charge on any atom is -0.0317 e. The van der Waals surface area contributed by atoms with Crippen molar-refractivity contribution in [1.82, 2.24) is 0 Å². The number of hydrogen-bond acceptors (Lipinski definition) is 0. The van der Waals surface area contributed by atoms with E-state index >= 15 is 0 Å². The zero-order valence-electron chi connectivity index (χ0n) is 35.9. The van der Waals surface area contributed by atoms with Crippen molar-refractivity contribution < 1.29 is 0 Å². The average molecular weight is 699 g/mol. The summed E-state index contributed by atoms with van der Waals surface area (Å²) >= 11 is 0. The van der Waals surface area contributed by atoms with E-state index in [0.717, 1.165) is 0 Å².